The SMILES string of the molecule is COc1cc(N2CCOCC2)c(-c2cnn(C)c2)cc1Nc1ncc(Br)c(Nc2ccccc2NS(C)(=O)=O)n1. The van der Waals surface area contributed by atoms with Gasteiger partial charge in [0.25, 0.3) is 0 Å². The summed E-state index contributed by atoms with van der Waals surface area (Å²) in [5.74, 6) is 1.38. The molecule has 12 nitrogen and oxygen atoms in total. The minimum Gasteiger partial charge on any atom is -0.494 e. The molecule has 0 spiro atoms. The van der Waals surface area contributed by atoms with Gasteiger partial charge in [-0.1, -0.05) is 12.1 Å². The van der Waals surface area contributed by atoms with Gasteiger partial charge in [-0.2, -0.15) is 10.1 Å². The number of methoxy groups -OCH3 is 1. The van der Waals surface area contributed by atoms with Crippen molar-refractivity contribution in [3.05, 3.63) is 59.5 Å². The van der Waals surface area contributed by atoms with Crippen LogP contribution in [0.2, 0.25) is 0 Å². The standard InChI is InChI=1S/C26H29BrN8O4S/c1-34-16-17(14-29-34)18-12-22(24(38-2)13-23(18)35-8-10-39-11-9-35)31-26-28-15-19(27)25(32-26)30-20-6-4-5-7-21(20)33-40(3,36)37/h4-7,12-16,33H,8-11H2,1-3H3,(H2,28,30,31,32). The Balaban J connectivity index is 1.49. The largest absolute Gasteiger partial charge is 0.494 e. The first-order valence-electron chi connectivity index (χ1n) is 12.4. The molecule has 0 aliphatic carbocycles. The summed E-state index contributed by atoms with van der Waals surface area (Å²) in [5.41, 5.74) is 4.56. The van der Waals surface area contributed by atoms with Crippen LogP contribution in [0.3, 0.4) is 0 Å². The summed E-state index contributed by atoms with van der Waals surface area (Å²) in [6.45, 7) is 2.84. The van der Waals surface area contributed by atoms with Crippen molar-refractivity contribution in [3.8, 4) is 16.9 Å². The van der Waals surface area contributed by atoms with Crippen molar-refractivity contribution in [2.24, 2.45) is 7.05 Å². The minimum atomic E-state index is -3.47. The van der Waals surface area contributed by atoms with E-state index in [1.807, 2.05) is 31.6 Å². The van der Waals surface area contributed by atoms with Crippen LogP contribution >= 0.6 is 15.9 Å². The number of aromatic nitrogens is 4. The van der Waals surface area contributed by atoms with Gasteiger partial charge in [0.05, 0.1) is 54.3 Å². The average Bonchev–Trinajstić information content (AvgIpc) is 3.37. The average molecular weight is 630 g/mol. The van der Waals surface area contributed by atoms with Gasteiger partial charge in [0.2, 0.25) is 16.0 Å². The molecule has 210 valence electrons. The number of ether oxygens (including phenoxy) is 2. The van der Waals surface area contributed by atoms with E-state index >= 15 is 0 Å². The number of para-hydroxylation sites is 2. The van der Waals surface area contributed by atoms with Crippen LogP contribution in [0.5, 0.6) is 5.75 Å². The van der Waals surface area contributed by atoms with Gasteiger partial charge in [0.15, 0.2) is 0 Å². The lowest BCUT2D eigenvalue weighted by Crippen LogP contribution is -2.36. The van der Waals surface area contributed by atoms with E-state index in [1.165, 1.54) is 0 Å². The molecule has 1 aliphatic rings. The molecule has 0 saturated carbocycles. The van der Waals surface area contributed by atoms with Crippen molar-refractivity contribution in [2.45, 2.75) is 0 Å². The smallest absolute Gasteiger partial charge is 0.229 e. The number of hydrogen-bond donors (Lipinski definition) is 3. The third-order valence-electron chi connectivity index (χ3n) is 6.15. The number of anilines is 6. The zero-order valence-corrected chi connectivity index (χ0v) is 24.6. The normalized spacial score (nSPS) is 13.7. The van der Waals surface area contributed by atoms with E-state index in [-0.39, 0.29) is 0 Å². The molecule has 0 atom stereocenters. The Kier molecular flexibility index (Phi) is 8.09. The second kappa shape index (κ2) is 11.7. The van der Waals surface area contributed by atoms with Gasteiger partial charge in [0, 0.05) is 55.4 Å². The van der Waals surface area contributed by atoms with E-state index in [0.717, 1.165) is 36.2 Å². The molecule has 4 aromatic rings. The maximum Gasteiger partial charge on any atom is 0.229 e. The maximum atomic E-state index is 11.8. The molecule has 40 heavy (non-hydrogen) atoms. The van der Waals surface area contributed by atoms with Crippen LogP contribution in [0.25, 0.3) is 11.1 Å². The molecule has 0 radical (unpaired) electrons. The van der Waals surface area contributed by atoms with Crippen molar-refractivity contribution in [3.63, 3.8) is 0 Å². The molecular formula is C26H29BrN8O4S. The number of aryl methyl sites for hydroxylation is 1. The summed E-state index contributed by atoms with van der Waals surface area (Å²) in [5, 5.41) is 10.8. The monoisotopic (exact) mass is 628 g/mol. The molecule has 14 heteroatoms. The number of benzene rings is 2. The fraction of sp³-hybridized carbons (Fsp3) is 0.269. The first kappa shape index (κ1) is 27.7. The molecule has 2 aromatic carbocycles. The zero-order chi connectivity index (χ0) is 28.3. The molecule has 1 fully saturated rings. The molecule has 5 rings (SSSR count). The lowest BCUT2D eigenvalue weighted by Gasteiger charge is -2.31. The summed E-state index contributed by atoms with van der Waals surface area (Å²) in [6.07, 6.45) is 6.51. The second-order valence-corrected chi connectivity index (χ2v) is 11.7. The first-order valence-corrected chi connectivity index (χ1v) is 15.1. The predicted molar refractivity (Wildman–Crippen MR) is 159 cm³/mol. The van der Waals surface area contributed by atoms with Crippen LogP contribution < -0.4 is 25.0 Å². The Labute approximate surface area is 240 Å². The van der Waals surface area contributed by atoms with E-state index in [0.29, 0.717) is 52.3 Å². The quantitative estimate of drug-likeness (QED) is 0.245. The van der Waals surface area contributed by atoms with E-state index in [1.54, 1.807) is 42.3 Å². The van der Waals surface area contributed by atoms with Crippen LogP contribution in [0.4, 0.5) is 34.5 Å². The molecule has 1 aliphatic heterocycles. The number of hydrogen-bond acceptors (Lipinski definition) is 10. The molecule has 2 aromatic heterocycles. The van der Waals surface area contributed by atoms with Gasteiger partial charge < -0.3 is 25.0 Å². The number of nitrogens with one attached hydrogen (secondary N) is 3. The zero-order valence-electron chi connectivity index (χ0n) is 22.2. The van der Waals surface area contributed by atoms with Gasteiger partial charge in [-0.3, -0.25) is 9.40 Å². The lowest BCUT2D eigenvalue weighted by molar-refractivity contribution is 0.122. The van der Waals surface area contributed by atoms with Gasteiger partial charge in [-0.05, 0) is 34.1 Å². The molecular weight excluding hydrogens is 600 g/mol. The van der Waals surface area contributed by atoms with Gasteiger partial charge in [0.1, 0.15) is 11.6 Å². The Morgan fingerprint density at radius 1 is 1.05 bits per heavy atom. The van der Waals surface area contributed by atoms with E-state index < -0.39 is 10.0 Å². The molecule has 0 unspecified atom stereocenters. The van der Waals surface area contributed by atoms with Crippen molar-refractivity contribution in [1.29, 1.82) is 0 Å². The summed E-state index contributed by atoms with van der Waals surface area (Å²) in [7, 11) is 0.0298. The summed E-state index contributed by atoms with van der Waals surface area (Å²) < 4.78 is 39.9. The Bertz CT molecular complexity index is 1620. The second-order valence-electron chi connectivity index (χ2n) is 9.13. The summed E-state index contributed by atoms with van der Waals surface area (Å²) >= 11 is 3.48. The number of rotatable bonds is 9. The van der Waals surface area contributed by atoms with E-state index in [2.05, 4.69) is 51.3 Å². The number of nitrogens with zero attached hydrogens (tertiary/aromatic N) is 5. The maximum absolute atomic E-state index is 11.8. The highest BCUT2D eigenvalue weighted by Gasteiger charge is 2.21. The molecule has 1 saturated heterocycles. The van der Waals surface area contributed by atoms with Crippen LogP contribution in [0.15, 0.2) is 59.5 Å². The van der Waals surface area contributed by atoms with Crippen molar-refractivity contribution in [1.82, 2.24) is 19.7 Å². The van der Waals surface area contributed by atoms with E-state index in [4.69, 9.17) is 9.47 Å². The highest BCUT2D eigenvalue weighted by Crippen LogP contribution is 2.41. The fourth-order valence-electron chi connectivity index (χ4n) is 4.34. The fourth-order valence-corrected chi connectivity index (χ4v) is 5.20. The molecule has 0 bridgehead atoms. The number of sulfonamides is 1. The highest BCUT2D eigenvalue weighted by molar-refractivity contribution is 9.10. The van der Waals surface area contributed by atoms with Crippen molar-refractivity contribution >= 4 is 60.5 Å². The van der Waals surface area contributed by atoms with Gasteiger partial charge >= 0.3 is 0 Å². The van der Waals surface area contributed by atoms with Gasteiger partial charge in [-0.15, -0.1) is 0 Å². The van der Waals surface area contributed by atoms with Crippen LogP contribution in [-0.2, 0) is 21.8 Å². The Hall–Kier alpha value is -3.88. The summed E-state index contributed by atoms with van der Waals surface area (Å²) in [4.78, 5) is 11.3. The number of morpholine rings is 1. The van der Waals surface area contributed by atoms with Crippen LogP contribution in [-0.4, -0.2) is 67.8 Å². The third-order valence-corrected chi connectivity index (χ3v) is 7.32. The molecule has 3 N–H and O–H groups in total. The predicted octanol–water partition coefficient (Wildman–Crippen LogP) is 4.34. The first-order chi connectivity index (χ1) is 19.2. The topological polar surface area (TPSA) is 136 Å². The Morgan fingerprint density at radius 3 is 2.48 bits per heavy atom. The van der Waals surface area contributed by atoms with E-state index in [9.17, 15) is 8.42 Å². The van der Waals surface area contributed by atoms with Crippen molar-refractivity contribution in [2.75, 3.05) is 59.9 Å². The summed E-state index contributed by atoms with van der Waals surface area (Å²) in [6, 6.07) is 11.0. The van der Waals surface area contributed by atoms with Crippen LogP contribution in [0, 0.1) is 0 Å². The highest BCUT2D eigenvalue weighted by atomic mass is 79.9. The molecule has 3 heterocycles. The molecule has 0 amide bonds. The number of halogens is 1. The minimum absolute atomic E-state index is 0.314. The van der Waals surface area contributed by atoms with Crippen LogP contribution in [0.1, 0.15) is 0 Å². The van der Waals surface area contributed by atoms with Crippen molar-refractivity contribution < 1.29 is 17.9 Å². The Morgan fingerprint density at radius 2 is 1.80 bits per heavy atom. The lowest BCUT2D eigenvalue weighted by atomic mass is 10.0. The van der Waals surface area contributed by atoms with Gasteiger partial charge in [-0.25, -0.2) is 13.4 Å². The third kappa shape index (κ3) is 6.46.